The number of halogens is 3. The molecule has 1 aliphatic carbocycles. The predicted molar refractivity (Wildman–Crippen MR) is 145 cm³/mol. The Balaban J connectivity index is 1.44. The first kappa shape index (κ1) is 27.9. The summed E-state index contributed by atoms with van der Waals surface area (Å²) in [4.78, 5) is 14.4. The van der Waals surface area contributed by atoms with Crippen LogP contribution in [0, 0.1) is 5.92 Å². The van der Waals surface area contributed by atoms with Crippen LogP contribution in [0.3, 0.4) is 0 Å². The second kappa shape index (κ2) is 11.1. The van der Waals surface area contributed by atoms with Gasteiger partial charge in [-0.2, -0.15) is 18.6 Å². The molecule has 1 aliphatic heterocycles. The van der Waals surface area contributed by atoms with E-state index in [4.69, 9.17) is 17.3 Å². The lowest BCUT2D eigenvalue weighted by Crippen LogP contribution is -2.57. The smallest absolute Gasteiger partial charge is 0.298 e. The highest BCUT2D eigenvalue weighted by Crippen LogP contribution is 2.35. The molecule has 5 rings (SSSR count). The third-order valence-corrected chi connectivity index (χ3v) is 9.46. The largest absolute Gasteiger partial charge is 0.341 e. The van der Waals surface area contributed by atoms with Gasteiger partial charge >= 0.3 is 0 Å². The van der Waals surface area contributed by atoms with Crippen molar-refractivity contribution in [3.63, 3.8) is 0 Å². The van der Waals surface area contributed by atoms with E-state index < -0.39 is 33.5 Å². The number of fused-ring (bicyclic) bond motifs is 1. The molecule has 1 saturated carbocycles. The number of benzene rings is 2. The topological polar surface area (TPSA) is 110 Å². The molecule has 210 valence electrons. The van der Waals surface area contributed by atoms with Crippen molar-refractivity contribution in [1.82, 2.24) is 19.4 Å². The minimum absolute atomic E-state index is 0.137. The minimum atomic E-state index is -4.52. The van der Waals surface area contributed by atoms with Gasteiger partial charge in [-0.25, -0.2) is 8.42 Å². The van der Waals surface area contributed by atoms with Crippen LogP contribution >= 0.6 is 11.6 Å². The van der Waals surface area contributed by atoms with Crippen molar-refractivity contribution in [2.45, 2.75) is 68.0 Å². The Hall–Kier alpha value is -2.60. The van der Waals surface area contributed by atoms with Gasteiger partial charge in [0.1, 0.15) is 0 Å². The van der Waals surface area contributed by atoms with E-state index in [0.717, 1.165) is 37.0 Å². The van der Waals surface area contributed by atoms with Crippen molar-refractivity contribution in [2.24, 2.45) is 11.7 Å². The van der Waals surface area contributed by atoms with Crippen LogP contribution < -0.4 is 10.5 Å². The zero-order valence-electron chi connectivity index (χ0n) is 21.4. The van der Waals surface area contributed by atoms with Gasteiger partial charge in [0.25, 0.3) is 5.92 Å². The lowest BCUT2D eigenvalue weighted by atomic mass is 9.99. The molecule has 8 nitrogen and oxygen atoms in total. The average molecular weight is 580 g/mol. The molecule has 0 spiro atoms. The van der Waals surface area contributed by atoms with Crippen molar-refractivity contribution in [1.29, 1.82) is 0 Å². The summed E-state index contributed by atoms with van der Waals surface area (Å²) in [5, 5.41) is 5.24. The van der Waals surface area contributed by atoms with Crippen molar-refractivity contribution >= 4 is 38.4 Å². The first-order valence-electron chi connectivity index (χ1n) is 13.2. The van der Waals surface area contributed by atoms with E-state index in [1.54, 1.807) is 12.3 Å². The normalized spacial score (nSPS) is 18.6. The molecule has 1 amide bonds. The van der Waals surface area contributed by atoms with Crippen LogP contribution in [-0.2, 0) is 27.3 Å². The number of nitrogens with one attached hydrogen (secondary N) is 1. The van der Waals surface area contributed by atoms with Crippen LogP contribution in [0.5, 0.6) is 0 Å². The van der Waals surface area contributed by atoms with Crippen LogP contribution in [-0.4, -0.2) is 54.2 Å². The average Bonchev–Trinajstić information content (AvgIpc) is 3.58. The molecular weight excluding hydrogens is 548 g/mol. The zero-order chi connectivity index (χ0) is 27.8. The van der Waals surface area contributed by atoms with Crippen molar-refractivity contribution < 1.29 is 22.0 Å². The lowest BCUT2D eigenvalue weighted by molar-refractivity contribution is -0.145. The van der Waals surface area contributed by atoms with E-state index in [2.05, 4.69) is 5.10 Å². The molecule has 12 heteroatoms. The third kappa shape index (κ3) is 5.96. The fraction of sp³-hybridized carbons (Fsp3) is 0.481. The molecule has 2 heterocycles. The number of likely N-dealkylation sites (tertiary alicyclic amines) is 1. The van der Waals surface area contributed by atoms with Crippen LogP contribution in [0.4, 0.5) is 8.78 Å². The summed E-state index contributed by atoms with van der Waals surface area (Å²) in [6, 6.07) is 6.63. The number of sulfonamides is 1. The molecule has 3 aromatic rings. The summed E-state index contributed by atoms with van der Waals surface area (Å²) in [7, 11) is -4.52. The summed E-state index contributed by atoms with van der Waals surface area (Å²) in [6.07, 6.45) is 7.13. The quantitative estimate of drug-likeness (QED) is 0.414. The summed E-state index contributed by atoms with van der Waals surface area (Å²) < 4.78 is 62.6. The Labute approximate surface area is 231 Å². The number of hydrogen-bond acceptors (Lipinski definition) is 5. The van der Waals surface area contributed by atoms with Crippen LogP contribution in [0.2, 0.25) is 5.02 Å². The van der Waals surface area contributed by atoms with E-state index in [-0.39, 0.29) is 29.0 Å². The van der Waals surface area contributed by atoms with Gasteiger partial charge in [-0.05, 0) is 61.9 Å². The molecule has 2 aromatic carbocycles. The molecule has 39 heavy (non-hydrogen) atoms. The monoisotopic (exact) mass is 579 g/mol. The fourth-order valence-electron chi connectivity index (χ4n) is 5.46. The number of carbonyl (C=O) groups excluding carboxylic acids is 1. The standard InChI is InChI=1S/C27H32ClF2N5O3S/c28-21-7-5-20(6-8-21)27(29,30)25(26(36)34-13-11-22(31)12-14-34)33-39(37,38)23-9-10-24-19(15-23)16-32-35(24)17-18-3-1-2-4-18/h5-10,15-16,18,22,25,33H,1-4,11-14,17,31H2. The minimum Gasteiger partial charge on any atom is -0.341 e. The van der Waals surface area contributed by atoms with Gasteiger partial charge in [0.15, 0.2) is 6.04 Å². The molecule has 0 radical (unpaired) electrons. The molecule has 2 fully saturated rings. The number of amides is 1. The summed E-state index contributed by atoms with van der Waals surface area (Å²) in [5.41, 5.74) is 6.16. The third-order valence-electron chi connectivity index (χ3n) is 7.79. The fourth-order valence-corrected chi connectivity index (χ4v) is 6.81. The Morgan fingerprint density at radius 1 is 1.10 bits per heavy atom. The zero-order valence-corrected chi connectivity index (χ0v) is 23.0. The molecule has 1 aromatic heterocycles. The van der Waals surface area contributed by atoms with E-state index in [9.17, 15) is 13.2 Å². The number of carbonyl (C=O) groups is 1. The SMILES string of the molecule is NC1CCN(C(=O)C(NS(=O)(=O)c2ccc3c(cnn3CC3CCCC3)c2)C(F)(F)c2ccc(Cl)cc2)CC1. The Morgan fingerprint density at radius 3 is 2.44 bits per heavy atom. The van der Waals surface area contributed by atoms with Crippen LogP contribution in [0.1, 0.15) is 44.1 Å². The highest BCUT2D eigenvalue weighted by molar-refractivity contribution is 7.89. The molecular formula is C27H32ClF2N5O3S. The van der Waals surface area contributed by atoms with Gasteiger partial charge in [0.2, 0.25) is 15.9 Å². The highest BCUT2D eigenvalue weighted by atomic mass is 35.5. The first-order chi connectivity index (χ1) is 18.5. The van der Waals surface area contributed by atoms with Gasteiger partial charge in [-0.3, -0.25) is 9.48 Å². The van der Waals surface area contributed by atoms with E-state index in [0.29, 0.717) is 24.1 Å². The summed E-state index contributed by atoms with van der Waals surface area (Å²) in [6.45, 7) is 1.08. The van der Waals surface area contributed by atoms with Crippen molar-refractivity contribution in [3.8, 4) is 0 Å². The van der Waals surface area contributed by atoms with Crippen molar-refractivity contribution in [2.75, 3.05) is 13.1 Å². The Kier molecular flexibility index (Phi) is 7.96. The van der Waals surface area contributed by atoms with Gasteiger partial charge in [-0.15, -0.1) is 0 Å². The Bertz CT molecular complexity index is 1430. The van der Waals surface area contributed by atoms with Crippen LogP contribution in [0.15, 0.2) is 53.6 Å². The molecule has 0 bridgehead atoms. The number of hydrogen-bond donors (Lipinski definition) is 2. The van der Waals surface area contributed by atoms with Crippen LogP contribution in [0.25, 0.3) is 10.9 Å². The predicted octanol–water partition coefficient (Wildman–Crippen LogP) is 4.27. The Morgan fingerprint density at radius 2 is 1.77 bits per heavy atom. The van der Waals surface area contributed by atoms with Gasteiger partial charge in [0, 0.05) is 41.6 Å². The van der Waals surface area contributed by atoms with E-state index in [1.165, 1.54) is 42.0 Å². The maximum Gasteiger partial charge on any atom is 0.298 e. The number of aromatic nitrogens is 2. The molecule has 1 unspecified atom stereocenters. The van der Waals surface area contributed by atoms with E-state index >= 15 is 8.78 Å². The molecule has 2 aliphatic rings. The summed E-state index contributed by atoms with van der Waals surface area (Å²) in [5.74, 6) is -4.33. The van der Waals surface area contributed by atoms with Gasteiger partial charge in [-0.1, -0.05) is 36.6 Å². The molecule has 1 atom stereocenters. The first-order valence-corrected chi connectivity index (χ1v) is 15.1. The summed E-state index contributed by atoms with van der Waals surface area (Å²) >= 11 is 5.87. The lowest BCUT2D eigenvalue weighted by Gasteiger charge is -2.35. The van der Waals surface area contributed by atoms with E-state index in [1.807, 2.05) is 9.40 Å². The maximum atomic E-state index is 15.9. The second-order valence-corrected chi connectivity index (χ2v) is 12.7. The van der Waals surface area contributed by atoms with Crippen molar-refractivity contribution in [3.05, 3.63) is 59.2 Å². The maximum absolute atomic E-state index is 15.9. The number of rotatable bonds is 8. The highest BCUT2D eigenvalue weighted by Gasteiger charge is 2.50. The number of piperidine rings is 1. The number of nitrogens with two attached hydrogens (primary N) is 1. The molecule has 3 N–H and O–H groups in total. The molecule has 1 saturated heterocycles. The second-order valence-electron chi connectivity index (χ2n) is 10.5. The van der Waals surface area contributed by atoms with Gasteiger partial charge in [0.05, 0.1) is 16.6 Å². The number of nitrogens with zero attached hydrogens (tertiary/aromatic N) is 3. The van der Waals surface area contributed by atoms with Gasteiger partial charge < -0.3 is 10.6 Å². The number of alkyl halides is 2.